The summed E-state index contributed by atoms with van der Waals surface area (Å²) in [4.78, 5) is 12.0. The van der Waals surface area contributed by atoms with Crippen molar-refractivity contribution in [2.24, 2.45) is 7.05 Å². The maximum atomic E-state index is 12.0. The zero-order valence-corrected chi connectivity index (χ0v) is 16.0. The van der Waals surface area contributed by atoms with Crippen molar-refractivity contribution >= 4 is 6.09 Å². The highest BCUT2D eigenvalue weighted by atomic mass is 16.6. The second-order valence-electron chi connectivity index (χ2n) is 8.05. The number of amides is 1. The second kappa shape index (κ2) is 7.48. The number of nitrogens with one attached hydrogen (secondary N) is 1. The van der Waals surface area contributed by atoms with Crippen LogP contribution in [0.4, 0.5) is 4.79 Å². The average Bonchev–Trinajstić information content (AvgIpc) is 3.14. The summed E-state index contributed by atoms with van der Waals surface area (Å²) in [5.74, 6) is 2.29. The predicted molar refractivity (Wildman–Crippen MR) is 100 cm³/mol. The molecule has 1 amide bonds. The third-order valence-electron chi connectivity index (χ3n) is 4.72. The summed E-state index contributed by atoms with van der Waals surface area (Å²) >= 11 is 0. The number of carbonyl (C=O) groups excluding carboxylic acids is 1. The van der Waals surface area contributed by atoms with Gasteiger partial charge in [-0.05, 0) is 45.6 Å². The Kier molecular flexibility index (Phi) is 5.30. The van der Waals surface area contributed by atoms with Gasteiger partial charge in [-0.3, -0.25) is 0 Å². The van der Waals surface area contributed by atoms with Crippen LogP contribution in [0.3, 0.4) is 0 Å². The summed E-state index contributed by atoms with van der Waals surface area (Å²) < 4.78 is 7.46. The fourth-order valence-electron chi connectivity index (χ4n) is 3.48. The average molecular weight is 356 g/mol. The van der Waals surface area contributed by atoms with E-state index < -0.39 is 5.60 Å². The van der Waals surface area contributed by atoms with Crippen LogP contribution in [0.25, 0.3) is 0 Å². The van der Waals surface area contributed by atoms with Crippen LogP contribution >= 0.6 is 0 Å². The summed E-state index contributed by atoms with van der Waals surface area (Å²) in [6.07, 6.45) is 3.24. The predicted octanol–water partition coefficient (Wildman–Crippen LogP) is 3.57. The normalized spacial score (nSPS) is 20.2. The minimum atomic E-state index is -0.474. The first-order chi connectivity index (χ1) is 12.3. The van der Waals surface area contributed by atoms with Crippen molar-refractivity contribution in [2.75, 3.05) is 0 Å². The molecule has 0 spiro atoms. The van der Waals surface area contributed by atoms with E-state index in [4.69, 9.17) is 4.74 Å². The number of hydrogen-bond donors (Lipinski definition) is 1. The van der Waals surface area contributed by atoms with Crippen LogP contribution in [-0.4, -0.2) is 32.5 Å². The van der Waals surface area contributed by atoms with E-state index in [0.29, 0.717) is 5.92 Å². The van der Waals surface area contributed by atoms with E-state index in [2.05, 4.69) is 32.2 Å². The summed E-state index contributed by atoms with van der Waals surface area (Å²) in [5, 5.41) is 11.8. The van der Waals surface area contributed by atoms with Gasteiger partial charge in [-0.1, -0.05) is 30.3 Å². The Morgan fingerprint density at radius 1 is 1.23 bits per heavy atom. The van der Waals surface area contributed by atoms with E-state index in [1.807, 2.05) is 46.0 Å². The van der Waals surface area contributed by atoms with Gasteiger partial charge in [-0.2, -0.15) is 0 Å². The fraction of sp³-hybridized carbons (Fsp3) is 0.550. The van der Waals surface area contributed by atoms with Crippen molar-refractivity contribution in [1.82, 2.24) is 20.1 Å². The van der Waals surface area contributed by atoms with Gasteiger partial charge < -0.3 is 14.6 Å². The van der Waals surface area contributed by atoms with Crippen LogP contribution in [0.2, 0.25) is 0 Å². The van der Waals surface area contributed by atoms with Crippen molar-refractivity contribution in [3.8, 4) is 0 Å². The first kappa shape index (κ1) is 18.4. The minimum absolute atomic E-state index is 0.129. The van der Waals surface area contributed by atoms with Gasteiger partial charge in [0.05, 0.1) is 0 Å². The smallest absolute Gasteiger partial charge is 0.407 e. The van der Waals surface area contributed by atoms with Gasteiger partial charge >= 0.3 is 6.09 Å². The van der Waals surface area contributed by atoms with E-state index >= 15 is 0 Å². The van der Waals surface area contributed by atoms with Crippen LogP contribution in [0.1, 0.15) is 63.2 Å². The van der Waals surface area contributed by atoms with Gasteiger partial charge in [0, 0.05) is 25.4 Å². The van der Waals surface area contributed by atoms with Gasteiger partial charge in [0.15, 0.2) is 0 Å². The lowest BCUT2D eigenvalue weighted by Gasteiger charge is -2.21. The molecular formula is C20H28N4O2. The molecule has 1 aromatic heterocycles. The highest BCUT2D eigenvalue weighted by Gasteiger charge is 2.31. The summed E-state index contributed by atoms with van der Waals surface area (Å²) in [7, 11) is 2.03. The molecule has 1 saturated carbocycles. The van der Waals surface area contributed by atoms with E-state index in [1.54, 1.807) is 0 Å². The van der Waals surface area contributed by atoms with E-state index in [0.717, 1.165) is 37.3 Å². The number of benzene rings is 1. The quantitative estimate of drug-likeness (QED) is 0.909. The molecule has 0 saturated heterocycles. The maximum absolute atomic E-state index is 12.0. The second-order valence-corrected chi connectivity index (χ2v) is 8.05. The Hall–Kier alpha value is -2.37. The monoisotopic (exact) mass is 356 g/mol. The summed E-state index contributed by atoms with van der Waals surface area (Å²) in [5.41, 5.74) is 0.753. The lowest BCUT2D eigenvalue weighted by atomic mass is 10.1. The first-order valence-electron chi connectivity index (χ1n) is 9.23. The number of rotatable bonds is 4. The molecule has 1 fully saturated rings. The molecule has 1 aromatic carbocycles. The Morgan fingerprint density at radius 3 is 2.65 bits per heavy atom. The SMILES string of the molecule is Cn1c(Cc2ccccc2)nnc1C1CCC(NC(=O)OC(C)(C)C)C1. The fourth-order valence-corrected chi connectivity index (χ4v) is 3.48. The molecule has 1 aliphatic rings. The lowest BCUT2D eigenvalue weighted by Crippen LogP contribution is -2.37. The van der Waals surface area contributed by atoms with Crippen molar-refractivity contribution in [3.05, 3.63) is 47.5 Å². The third-order valence-corrected chi connectivity index (χ3v) is 4.72. The topological polar surface area (TPSA) is 69.0 Å². The lowest BCUT2D eigenvalue weighted by molar-refractivity contribution is 0.0505. The number of ether oxygens (including phenoxy) is 1. The molecule has 1 aliphatic carbocycles. The van der Waals surface area contributed by atoms with Crippen molar-refractivity contribution in [1.29, 1.82) is 0 Å². The Balaban J connectivity index is 1.60. The molecule has 1 heterocycles. The zero-order chi connectivity index (χ0) is 18.7. The van der Waals surface area contributed by atoms with Crippen LogP contribution in [0, 0.1) is 0 Å². The third kappa shape index (κ3) is 4.62. The van der Waals surface area contributed by atoms with E-state index in [-0.39, 0.29) is 12.1 Å². The largest absolute Gasteiger partial charge is 0.444 e. The minimum Gasteiger partial charge on any atom is -0.444 e. The number of alkyl carbamates (subject to hydrolysis) is 1. The molecule has 140 valence electrons. The molecule has 6 nitrogen and oxygen atoms in total. The highest BCUT2D eigenvalue weighted by Crippen LogP contribution is 2.33. The molecule has 0 aliphatic heterocycles. The number of carbonyl (C=O) groups is 1. The van der Waals surface area contributed by atoms with Crippen molar-refractivity contribution < 1.29 is 9.53 Å². The van der Waals surface area contributed by atoms with Crippen molar-refractivity contribution in [2.45, 2.75) is 64.0 Å². The van der Waals surface area contributed by atoms with Gasteiger partial charge in [-0.25, -0.2) is 4.79 Å². The molecule has 1 N–H and O–H groups in total. The van der Waals surface area contributed by atoms with Gasteiger partial charge in [0.2, 0.25) is 0 Å². The molecule has 3 rings (SSSR count). The van der Waals surface area contributed by atoms with E-state index in [9.17, 15) is 4.79 Å². The Morgan fingerprint density at radius 2 is 1.96 bits per heavy atom. The molecule has 6 heteroatoms. The van der Waals surface area contributed by atoms with Gasteiger partial charge in [0.25, 0.3) is 0 Å². The molecule has 2 atom stereocenters. The molecule has 0 radical (unpaired) electrons. The molecule has 2 aromatic rings. The molecule has 2 unspecified atom stereocenters. The van der Waals surface area contributed by atoms with Crippen LogP contribution in [-0.2, 0) is 18.2 Å². The maximum Gasteiger partial charge on any atom is 0.407 e. The van der Waals surface area contributed by atoms with Crippen LogP contribution in [0.5, 0.6) is 0 Å². The standard InChI is InChI=1S/C20H28N4O2/c1-20(2,3)26-19(25)21-16-11-10-15(13-16)18-23-22-17(24(18)4)12-14-8-6-5-7-9-14/h5-9,15-16H,10-13H2,1-4H3,(H,21,25). The van der Waals surface area contributed by atoms with Gasteiger partial charge in [0.1, 0.15) is 17.2 Å². The van der Waals surface area contributed by atoms with Gasteiger partial charge in [-0.15, -0.1) is 10.2 Å². The molecule has 26 heavy (non-hydrogen) atoms. The number of aromatic nitrogens is 3. The Labute approximate surface area is 155 Å². The summed E-state index contributed by atoms with van der Waals surface area (Å²) in [6.45, 7) is 5.62. The number of nitrogens with zero attached hydrogens (tertiary/aromatic N) is 3. The molecule has 0 bridgehead atoms. The number of hydrogen-bond acceptors (Lipinski definition) is 4. The molecular weight excluding hydrogens is 328 g/mol. The summed E-state index contributed by atoms with van der Waals surface area (Å²) in [6, 6.07) is 10.4. The zero-order valence-electron chi connectivity index (χ0n) is 16.0. The highest BCUT2D eigenvalue weighted by molar-refractivity contribution is 5.68. The van der Waals surface area contributed by atoms with Crippen molar-refractivity contribution in [3.63, 3.8) is 0 Å². The Bertz CT molecular complexity index is 749. The van der Waals surface area contributed by atoms with Crippen LogP contribution in [0.15, 0.2) is 30.3 Å². The van der Waals surface area contributed by atoms with E-state index in [1.165, 1.54) is 5.56 Å². The van der Waals surface area contributed by atoms with Crippen LogP contribution < -0.4 is 5.32 Å². The first-order valence-corrected chi connectivity index (χ1v) is 9.23.